The van der Waals surface area contributed by atoms with Crippen molar-refractivity contribution < 1.29 is 0 Å². The van der Waals surface area contributed by atoms with Crippen molar-refractivity contribution in [3.8, 4) is 5.69 Å². The van der Waals surface area contributed by atoms with Crippen LogP contribution in [0.3, 0.4) is 0 Å². The first-order valence-corrected chi connectivity index (χ1v) is 10.0. The van der Waals surface area contributed by atoms with Crippen LogP contribution in [-0.4, -0.2) is 14.0 Å². The molecule has 138 valence electrons. The Kier molecular flexibility index (Phi) is 3.74. The highest BCUT2D eigenvalue weighted by atomic mass is 32.1. The maximum Gasteiger partial charge on any atom is 0.274 e. The lowest BCUT2D eigenvalue weighted by molar-refractivity contribution is 0.954. The Morgan fingerprint density at radius 1 is 1.00 bits per heavy atom. The molecule has 0 aliphatic rings. The maximum atomic E-state index is 13.0. The van der Waals surface area contributed by atoms with E-state index in [1.165, 1.54) is 22.6 Å². The zero-order chi connectivity index (χ0) is 19.4. The summed E-state index contributed by atoms with van der Waals surface area (Å²) < 4.78 is 4.67. The number of aryl methyl sites for hydroxylation is 2. The van der Waals surface area contributed by atoms with Crippen molar-refractivity contribution in [3.63, 3.8) is 0 Å². The standard InChI is InChI=1S/C23H19N3OS/c1-14-8-4-6-10-19(14)25-15(2)12-17(16(25)3)13-21-22(27)26-20-11-7-5-9-18(20)24-23(26)28-21/h4-13H,1-3H3/b21-13-. The smallest absolute Gasteiger partial charge is 0.274 e. The first-order chi connectivity index (χ1) is 13.5. The Hall–Kier alpha value is -3.18. The molecule has 0 N–H and O–H groups in total. The second kappa shape index (κ2) is 6.17. The number of aromatic nitrogens is 3. The van der Waals surface area contributed by atoms with Crippen molar-refractivity contribution in [2.75, 3.05) is 0 Å². The lowest BCUT2D eigenvalue weighted by Gasteiger charge is -2.12. The molecule has 0 fully saturated rings. The van der Waals surface area contributed by atoms with E-state index in [1.807, 2.05) is 30.3 Å². The highest BCUT2D eigenvalue weighted by Crippen LogP contribution is 2.24. The van der Waals surface area contributed by atoms with Crippen LogP contribution in [0.4, 0.5) is 0 Å². The lowest BCUT2D eigenvalue weighted by Crippen LogP contribution is -2.22. The number of rotatable bonds is 2. The fourth-order valence-electron chi connectivity index (χ4n) is 3.87. The minimum absolute atomic E-state index is 0.00519. The number of benzene rings is 2. The number of hydrogen-bond donors (Lipinski definition) is 0. The summed E-state index contributed by atoms with van der Waals surface area (Å²) in [6.07, 6.45) is 1.99. The van der Waals surface area contributed by atoms with Crippen LogP contribution in [0.25, 0.3) is 27.8 Å². The van der Waals surface area contributed by atoms with Crippen molar-refractivity contribution in [2.45, 2.75) is 20.8 Å². The molecule has 3 aromatic heterocycles. The van der Waals surface area contributed by atoms with Crippen LogP contribution >= 0.6 is 11.3 Å². The van der Waals surface area contributed by atoms with Gasteiger partial charge in [0.25, 0.3) is 5.56 Å². The third-order valence-electron chi connectivity index (χ3n) is 5.26. The quantitative estimate of drug-likeness (QED) is 0.457. The molecule has 0 saturated carbocycles. The first kappa shape index (κ1) is 17.0. The minimum Gasteiger partial charge on any atom is -0.318 e. The summed E-state index contributed by atoms with van der Waals surface area (Å²) in [5.41, 5.74) is 7.45. The molecule has 3 heterocycles. The number of para-hydroxylation sites is 3. The zero-order valence-electron chi connectivity index (χ0n) is 15.9. The summed E-state index contributed by atoms with van der Waals surface area (Å²) in [6, 6.07) is 18.3. The van der Waals surface area contributed by atoms with Gasteiger partial charge in [0.2, 0.25) is 0 Å². The number of imidazole rings is 1. The van der Waals surface area contributed by atoms with Gasteiger partial charge in [-0.15, -0.1) is 0 Å². The molecule has 0 spiro atoms. The summed E-state index contributed by atoms with van der Waals surface area (Å²) >= 11 is 1.44. The van der Waals surface area contributed by atoms with Crippen molar-refractivity contribution in [2.24, 2.45) is 0 Å². The Morgan fingerprint density at radius 3 is 2.57 bits per heavy atom. The molecular weight excluding hydrogens is 366 g/mol. The van der Waals surface area contributed by atoms with Crippen LogP contribution in [0.15, 0.2) is 59.4 Å². The molecule has 0 saturated heterocycles. The zero-order valence-corrected chi connectivity index (χ0v) is 16.7. The predicted molar refractivity (Wildman–Crippen MR) is 116 cm³/mol. The van der Waals surface area contributed by atoms with E-state index >= 15 is 0 Å². The summed E-state index contributed by atoms with van der Waals surface area (Å²) in [7, 11) is 0. The lowest BCUT2D eigenvalue weighted by atomic mass is 10.2. The fourth-order valence-corrected chi connectivity index (χ4v) is 4.85. The molecule has 0 aliphatic heterocycles. The van der Waals surface area contributed by atoms with Crippen molar-refractivity contribution >= 4 is 33.4 Å². The van der Waals surface area contributed by atoms with E-state index < -0.39 is 0 Å². The van der Waals surface area contributed by atoms with Crippen LogP contribution < -0.4 is 10.1 Å². The summed E-state index contributed by atoms with van der Waals surface area (Å²) in [6.45, 7) is 6.32. The summed E-state index contributed by atoms with van der Waals surface area (Å²) in [5, 5.41) is 0. The number of nitrogens with zero attached hydrogens (tertiary/aromatic N) is 3. The van der Waals surface area contributed by atoms with Gasteiger partial charge in [0.05, 0.1) is 15.6 Å². The van der Waals surface area contributed by atoms with E-state index in [9.17, 15) is 4.79 Å². The predicted octanol–water partition coefficient (Wildman–Crippen LogP) is 4.17. The molecule has 0 radical (unpaired) electrons. The SMILES string of the molecule is Cc1ccccc1-n1c(C)cc(/C=c2\sc3nc4ccccc4n3c2=O)c1C. The first-order valence-electron chi connectivity index (χ1n) is 9.21. The Labute approximate surface area is 166 Å². The molecule has 0 amide bonds. The van der Waals surface area contributed by atoms with E-state index in [-0.39, 0.29) is 5.56 Å². The Morgan fingerprint density at radius 2 is 1.75 bits per heavy atom. The van der Waals surface area contributed by atoms with Gasteiger partial charge in [0, 0.05) is 17.1 Å². The summed E-state index contributed by atoms with van der Waals surface area (Å²) in [4.78, 5) is 18.4. The second-order valence-electron chi connectivity index (χ2n) is 7.08. The van der Waals surface area contributed by atoms with E-state index in [1.54, 1.807) is 4.40 Å². The topological polar surface area (TPSA) is 39.3 Å². The van der Waals surface area contributed by atoms with E-state index in [4.69, 9.17) is 0 Å². The molecular formula is C23H19N3OS. The van der Waals surface area contributed by atoms with Crippen molar-refractivity contribution in [1.82, 2.24) is 14.0 Å². The largest absolute Gasteiger partial charge is 0.318 e. The molecule has 5 aromatic rings. The fraction of sp³-hybridized carbons (Fsp3) is 0.130. The van der Waals surface area contributed by atoms with Gasteiger partial charge in [-0.05, 0) is 62.2 Å². The molecule has 2 aromatic carbocycles. The van der Waals surface area contributed by atoms with Gasteiger partial charge >= 0.3 is 0 Å². The molecule has 0 aliphatic carbocycles. The molecule has 0 bridgehead atoms. The van der Waals surface area contributed by atoms with Crippen LogP contribution in [0, 0.1) is 20.8 Å². The average Bonchev–Trinajstić information content (AvgIpc) is 3.28. The van der Waals surface area contributed by atoms with E-state index in [2.05, 4.69) is 60.7 Å². The molecule has 5 rings (SSSR count). The van der Waals surface area contributed by atoms with Gasteiger partial charge in [-0.25, -0.2) is 9.38 Å². The Balaban J connectivity index is 1.72. The van der Waals surface area contributed by atoms with Gasteiger partial charge in [-0.2, -0.15) is 0 Å². The highest BCUT2D eigenvalue weighted by Gasteiger charge is 2.13. The van der Waals surface area contributed by atoms with Gasteiger partial charge in [-0.3, -0.25) is 4.79 Å². The van der Waals surface area contributed by atoms with Gasteiger partial charge in [0.15, 0.2) is 4.96 Å². The summed E-state index contributed by atoms with van der Waals surface area (Å²) in [5.74, 6) is 0. The highest BCUT2D eigenvalue weighted by molar-refractivity contribution is 7.15. The molecule has 0 unspecified atom stereocenters. The third kappa shape index (κ3) is 2.43. The van der Waals surface area contributed by atoms with Gasteiger partial charge < -0.3 is 4.57 Å². The van der Waals surface area contributed by atoms with E-state index in [0.717, 1.165) is 32.9 Å². The number of thiazole rings is 1. The van der Waals surface area contributed by atoms with Crippen LogP contribution in [0.1, 0.15) is 22.5 Å². The minimum atomic E-state index is -0.00519. The maximum absolute atomic E-state index is 13.0. The van der Waals surface area contributed by atoms with Crippen molar-refractivity contribution in [3.05, 3.63) is 92.0 Å². The second-order valence-corrected chi connectivity index (χ2v) is 8.09. The van der Waals surface area contributed by atoms with Crippen LogP contribution in [-0.2, 0) is 0 Å². The van der Waals surface area contributed by atoms with E-state index in [0.29, 0.717) is 4.53 Å². The van der Waals surface area contributed by atoms with Crippen molar-refractivity contribution in [1.29, 1.82) is 0 Å². The molecule has 5 heteroatoms. The van der Waals surface area contributed by atoms with Gasteiger partial charge in [0.1, 0.15) is 0 Å². The normalized spacial score (nSPS) is 12.5. The third-order valence-corrected chi connectivity index (χ3v) is 6.23. The number of hydrogen-bond acceptors (Lipinski definition) is 3. The molecule has 4 nitrogen and oxygen atoms in total. The molecule has 28 heavy (non-hydrogen) atoms. The number of fused-ring (bicyclic) bond motifs is 3. The van der Waals surface area contributed by atoms with Crippen LogP contribution in [0.5, 0.6) is 0 Å². The van der Waals surface area contributed by atoms with Gasteiger partial charge in [-0.1, -0.05) is 41.7 Å². The molecule has 0 atom stereocenters. The Bertz CT molecular complexity index is 1470. The van der Waals surface area contributed by atoms with Crippen LogP contribution in [0.2, 0.25) is 0 Å². The average molecular weight is 385 g/mol. The monoisotopic (exact) mass is 385 g/mol.